The molecule has 0 N–H and O–H groups in total. The van der Waals surface area contributed by atoms with Crippen molar-refractivity contribution < 1.29 is 18.0 Å². The summed E-state index contributed by atoms with van der Waals surface area (Å²) >= 11 is 1.25. The highest BCUT2D eigenvalue weighted by atomic mass is 32.1. The van der Waals surface area contributed by atoms with Crippen molar-refractivity contribution in [2.24, 2.45) is 18.9 Å². The van der Waals surface area contributed by atoms with Gasteiger partial charge in [0, 0.05) is 37.7 Å². The average Bonchev–Trinajstić information content (AvgIpc) is 3.14. The van der Waals surface area contributed by atoms with Crippen LogP contribution < -0.4 is 11.2 Å². The minimum Gasteiger partial charge on any atom is -0.300 e. The second kappa shape index (κ2) is 9.76. The van der Waals surface area contributed by atoms with E-state index in [1.54, 1.807) is 10.6 Å². The fraction of sp³-hybridized carbons (Fsp3) is 0.500. The SMILES string of the molecule is CC(C)Cn1c(=O)n(C)c(=O)c2c(CC3CCC(=O)CC3)c(Cc3ccccc3C(F)(F)F)sc21. The van der Waals surface area contributed by atoms with E-state index in [1.165, 1.54) is 30.5 Å². The molecule has 0 unspecified atom stereocenters. The number of fused-ring (bicyclic) bond motifs is 1. The lowest BCUT2D eigenvalue weighted by molar-refractivity contribution is -0.138. The van der Waals surface area contributed by atoms with Crippen LogP contribution in [0.5, 0.6) is 0 Å². The summed E-state index contributed by atoms with van der Waals surface area (Å²) in [7, 11) is 1.44. The molecule has 0 amide bonds. The first-order valence-electron chi connectivity index (χ1n) is 11.9. The van der Waals surface area contributed by atoms with Crippen LogP contribution in [0.25, 0.3) is 10.2 Å². The van der Waals surface area contributed by atoms with Crippen LogP contribution in [-0.4, -0.2) is 14.9 Å². The van der Waals surface area contributed by atoms with Crippen molar-refractivity contribution in [1.29, 1.82) is 0 Å². The molecule has 0 aliphatic heterocycles. The summed E-state index contributed by atoms with van der Waals surface area (Å²) in [5.74, 6) is 0.521. The van der Waals surface area contributed by atoms with Gasteiger partial charge in [0.25, 0.3) is 5.56 Å². The molecule has 2 heterocycles. The summed E-state index contributed by atoms with van der Waals surface area (Å²) in [5, 5.41) is 0.425. The van der Waals surface area contributed by atoms with E-state index in [1.807, 2.05) is 13.8 Å². The topological polar surface area (TPSA) is 61.1 Å². The van der Waals surface area contributed by atoms with E-state index >= 15 is 0 Å². The van der Waals surface area contributed by atoms with Crippen molar-refractivity contribution >= 4 is 27.3 Å². The highest BCUT2D eigenvalue weighted by Gasteiger charge is 2.34. The standard InChI is InChI=1S/C26H29F3N2O3S/c1-15(2)14-31-24-22(23(33)30(3)25(31)34)19(12-16-8-10-18(32)11-9-16)21(35-24)13-17-6-4-5-7-20(17)26(27,28)29/h4-7,15-16H,8-14H2,1-3H3. The average molecular weight is 507 g/mol. The number of thiophene rings is 1. The molecule has 1 aromatic carbocycles. The van der Waals surface area contributed by atoms with Gasteiger partial charge in [-0.2, -0.15) is 13.2 Å². The van der Waals surface area contributed by atoms with E-state index in [2.05, 4.69) is 0 Å². The van der Waals surface area contributed by atoms with Gasteiger partial charge in [-0.15, -0.1) is 11.3 Å². The van der Waals surface area contributed by atoms with Crippen LogP contribution in [0.3, 0.4) is 0 Å². The van der Waals surface area contributed by atoms with E-state index < -0.39 is 23.0 Å². The Kier molecular flexibility index (Phi) is 7.09. The van der Waals surface area contributed by atoms with Crippen LogP contribution in [0.4, 0.5) is 13.2 Å². The van der Waals surface area contributed by atoms with Crippen LogP contribution in [0, 0.1) is 11.8 Å². The van der Waals surface area contributed by atoms with Crippen LogP contribution in [0.15, 0.2) is 33.9 Å². The van der Waals surface area contributed by atoms with E-state index in [9.17, 15) is 27.6 Å². The Bertz CT molecular complexity index is 1370. The molecule has 0 bridgehead atoms. The lowest BCUT2D eigenvalue weighted by atomic mass is 9.83. The van der Waals surface area contributed by atoms with Gasteiger partial charge in [-0.3, -0.25) is 18.7 Å². The quantitative estimate of drug-likeness (QED) is 0.454. The monoisotopic (exact) mass is 506 g/mol. The summed E-state index contributed by atoms with van der Waals surface area (Å²) in [5.41, 5.74) is -0.673. The smallest absolute Gasteiger partial charge is 0.300 e. The van der Waals surface area contributed by atoms with Crippen LogP contribution >= 0.6 is 11.3 Å². The van der Waals surface area contributed by atoms with E-state index in [0.717, 1.165) is 16.2 Å². The summed E-state index contributed by atoms with van der Waals surface area (Å²) < 4.78 is 43.8. The highest BCUT2D eigenvalue weighted by Crippen LogP contribution is 2.38. The number of carbonyl (C=O) groups excluding carboxylic acids is 1. The lowest BCUT2D eigenvalue weighted by Crippen LogP contribution is -2.38. The molecule has 1 fully saturated rings. The van der Waals surface area contributed by atoms with Gasteiger partial charge in [0.2, 0.25) is 0 Å². The molecule has 5 nitrogen and oxygen atoms in total. The molecule has 0 spiro atoms. The molecule has 35 heavy (non-hydrogen) atoms. The molecule has 1 aliphatic carbocycles. The van der Waals surface area contributed by atoms with Gasteiger partial charge in [-0.05, 0) is 48.3 Å². The van der Waals surface area contributed by atoms with E-state index in [4.69, 9.17) is 0 Å². The van der Waals surface area contributed by atoms with Gasteiger partial charge in [-0.25, -0.2) is 4.79 Å². The van der Waals surface area contributed by atoms with Crippen molar-refractivity contribution in [3.63, 3.8) is 0 Å². The molecule has 9 heteroatoms. The molecule has 2 aromatic heterocycles. The van der Waals surface area contributed by atoms with Gasteiger partial charge in [0.05, 0.1) is 10.9 Å². The second-order valence-electron chi connectivity index (χ2n) is 9.85. The number of aromatic nitrogens is 2. The molecule has 0 radical (unpaired) electrons. The van der Waals surface area contributed by atoms with E-state index in [0.29, 0.717) is 53.7 Å². The summed E-state index contributed by atoms with van der Waals surface area (Å²) in [6.07, 6.45) is -1.61. The number of Topliss-reactive ketones (excluding diaryl/α,β-unsaturated/α-hetero) is 1. The zero-order valence-corrected chi connectivity index (χ0v) is 20.9. The van der Waals surface area contributed by atoms with Crippen LogP contribution in [0.2, 0.25) is 0 Å². The van der Waals surface area contributed by atoms with Crippen molar-refractivity contribution in [3.05, 3.63) is 66.7 Å². The number of hydrogen-bond donors (Lipinski definition) is 0. The summed E-state index contributed by atoms with van der Waals surface area (Å²) in [6, 6.07) is 5.49. The maximum atomic E-state index is 13.7. The Labute approximate surface area is 205 Å². The van der Waals surface area contributed by atoms with Crippen LogP contribution in [0.1, 0.15) is 61.1 Å². The van der Waals surface area contributed by atoms with Gasteiger partial charge in [-0.1, -0.05) is 32.0 Å². The molecule has 0 atom stereocenters. The molecular formula is C26H29F3N2O3S. The summed E-state index contributed by atoms with van der Waals surface area (Å²) in [6.45, 7) is 4.34. The maximum Gasteiger partial charge on any atom is 0.416 e. The second-order valence-corrected chi connectivity index (χ2v) is 10.9. The van der Waals surface area contributed by atoms with Gasteiger partial charge in [0.1, 0.15) is 10.6 Å². The summed E-state index contributed by atoms with van der Waals surface area (Å²) in [4.78, 5) is 39.2. The number of carbonyl (C=O) groups is 1. The number of rotatable bonds is 6. The minimum absolute atomic E-state index is 0.0229. The van der Waals surface area contributed by atoms with Gasteiger partial charge < -0.3 is 0 Å². The van der Waals surface area contributed by atoms with Crippen molar-refractivity contribution in [2.75, 3.05) is 0 Å². The van der Waals surface area contributed by atoms with Crippen molar-refractivity contribution in [3.8, 4) is 0 Å². The lowest BCUT2D eigenvalue weighted by Gasteiger charge is -2.21. The Morgan fingerprint density at radius 2 is 1.74 bits per heavy atom. The number of hydrogen-bond acceptors (Lipinski definition) is 4. The fourth-order valence-electron chi connectivity index (χ4n) is 4.93. The number of benzene rings is 1. The molecular weight excluding hydrogens is 477 g/mol. The maximum absolute atomic E-state index is 13.7. The molecule has 1 saturated carbocycles. The fourth-order valence-corrected chi connectivity index (χ4v) is 6.28. The molecule has 1 aliphatic rings. The largest absolute Gasteiger partial charge is 0.416 e. The molecule has 4 rings (SSSR count). The highest BCUT2D eigenvalue weighted by molar-refractivity contribution is 7.18. The zero-order chi connectivity index (χ0) is 25.5. The first-order chi connectivity index (χ1) is 16.5. The number of halogens is 3. The molecule has 188 valence electrons. The third kappa shape index (κ3) is 5.15. The van der Waals surface area contributed by atoms with Gasteiger partial charge in [0.15, 0.2) is 0 Å². The minimum atomic E-state index is -4.49. The zero-order valence-electron chi connectivity index (χ0n) is 20.1. The first-order valence-corrected chi connectivity index (χ1v) is 12.7. The Balaban J connectivity index is 1.92. The number of alkyl halides is 3. The number of ketones is 1. The molecule has 3 aromatic rings. The van der Waals surface area contributed by atoms with Gasteiger partial charge >= 0.3 is 11.9 Å². The van der Waals surface area contributed by atoms with E-state index in [-0.39, 0.29) is 29.6 Å². The third-order valence-corrected chi connectivity index (χ3v) is 7.99. The predicted octanol–water partition coefficient (Wildman–Crippen LogP) is 5.33. The normalized spacial score (nSPS) is 15.5. The number of nitrogens with zero attached hydrogens (tertiary/aromatic N) is 2. The Morgan fingerprint density at radius 1 is 1.09 bits per heavy atom. The van der Waals surface area contributed by atoms with Crippen molar-refractivity contribution in [2.45, 2.75) is 65.1 Å². The third-order valence-electron chi connectivity index (χ3n) is 6.73. The predicted molar refractivity (Wildman–Crippen MR) is 131 cm³/mol. The molecule has 0 saturated heterocycles. The van der Waals surface area contributed by atoms with Crippen molar-refractivity contribution in [1.82, 2.24) is 9.13 Å². The first kappa shape index (κ1) is 25.4. The van der Waals surface area contributed by atoms with Crippen LogP contribution in [-0.2, 0) is 37.4 Å². The Morgan fingerprint density at radius 3 is 2.37 bits per heavy atom. The Hall–Kier alpha value is -2.68.